The van der Waals surface area contributed by atoms with Crippen LogP contribution in [0.25, 0.3) is 0 Å². The fourth-order valence-corrected chi connectivity index (χ4v) is 4.64. The van der Waals surface area contributed by atoms with Crippen LogP contribution in [0.15, 0.2) is 29.6 Å². The second-order valence-electron chi connectivity index (χ2n) is 7.59. The molecule has 5 nitrogen and oxygen atoms in total. The molecule has 0 atom stereocenters. The van der Waals surface area contributed by atoms with E-state index in [4.69, 9.17) is 4.74 Å². The first-order chi connectivity index (χ1) is 13.5. The van der Waals surface area contributed by atoms with E-state index in [1.165, 1.54) is 26.3 Å². The Balaban J connectivity index is 1.47. The van der Waals surface area contributed by atoms with Gasteiger partial charge in [0.25, 0.3) is 5.91 Å². The Hall–Kier alpha value is -1.96. The number of thiophene rings is 1. The van der Waals surface area contributed by atoms with Gasteiger partial charge in [0.2, 0.25) is 0 Å². The molecular formula is C21H30FN3O2S+2. The number of likely N-dealkylation sites (N-methyl/N-ethyl adjacent to an activating group) is 1. The molecule has 1 aliphatic heterocycles. The second kappa shape index (κ2) is 9.49. The third kappa shape index (κ3) is 5.31. The standard InChI is InChI=1S/C21H28FN3O2S/c1-16-6-11-28-20(16)14-23(2)21(26)15-25-9-7-24(8-10-25)13-17-12-18(22)4-5-19(17)27-3/h4-6,11-12H,7-10,13-15H2,1-3H3/p+2. The van der Waals surface area contributed by atoms with Gasteiger partial charge in [-0.2, -0.15) is 0 Å². The van der Waals surface area contributed by atoms with Crippen LogP contribution in [-0.4, -0.2) is 57.7 Å². The van der Waals surface area contributed by atoms with Crippen LogP contribution >= 0.6 is 11.3 Å². The number of methoxy groups -OCH3 is 1. The highest BCUT2D eigenvalue weighted by atomic mass is 32.1. The molecule has 2 aromatic rings. The minimum absolute atomic E-state index is 0.193. The lowest BCUT2D eigenvalue weighted by molar-refractivity contribution is -1.02. The summed E-state index contributed by atoms with van der Waals surface area (Å²) >= 11 is 1.71. The molecule has 3 rings (SSSR count). The van der Waals surface area contributed by atoms with Gasteiger partial charge in [0, 0.05) is 11.9 Å². The highest BCUT2D eigenvalue weighted by Crippen LogP contribution is 2.18. The van der Waals surface area contributed by atoms with E-state index in [0.29, 0.717) is 13.1 Å². The van der Waals surface area contributed by atoms with Crippen LogP contribution in [0.2, 0.25) is 0 Å². The minimum Gasteiger partial charge on any atom is -0.496 e. The SMILES string of the molecule is COc1ccc(F)cc1C[NH+]1CC[NH+](CC(=O)N(C)Cc2sccc2C)CC1. The summed E-state index contributed by atoms with van der Waals surface area (Å²) in [5.74, 6) is 0.705. The third-order valence-electron chi connectivity index (χ3n) is 5.52. The van der Waals surface area contributed by atoms with Crippen molar-refractivity contribution < 1.29 is 23.7 Å². The number of nitrogens with zero attached hydrogens (tertiary/aromatic N) is 1. The molecule has 0 bridgehead atoms. The van der Waals surface area contributed by atoms with Crippen molar-refractivity contribution in [3.8, 4) is 5.75 Å². The zero-order valence-electron chi connectivity index (χ0n) is 16.9. The van der Waals surface area contributed by atoms with E-state index in [9.17, 15) is 9.18 Å². The van der Waals surface area contributed by atoms with Crippen LogP contribution in [0, 0.1) is 12.7 Å². The van der Waals surface area contributed by atoms with E-state index in [-0.39, 0.29) is 11.7 Å². The monoisotopic (exact) mass is 407 g/mol. The number of carbonyl (C=O) groups excluding carboxylic acids is 1. The maximum absolute atomic E-state index is 13.6. The number of nitrogens with one attached hydrogen (secondary N) is 2. The number of piperazine rings is 1. The Morgan fingerprint density at radius 3 is 2.57 bits per heavy atom. The summed E-state index contributed by atoms with van der Waals surface area (Å²) in [4.78, 5) is 18.4. The number of carbonyl (C=O) groups is 1. The van der Waals surface area contributed by atoms with Crippen molar-refractivity contribution in [2.24, 2.45) is 0 Å². The van der Waals surface area contributed by atoms with Crippen molar-refractivity contribution in [2.75, 3.05) is 46.9 Å². The topological polar surface area (TPSA) is 38.4 Å². The summed E-state index contributed by atoms with van der Waals surface area (Å²) in [6.07, 6.45) is 0. The van der Waals surface area contributed by atoms with E-state index in [1.54, 1.807) is 30.6 Å². The van der Waals surface area contributed by atoms with Crippen LogP contribution in [-0.2, 0) is 17.9 Å². The molecule has 1 aromatic heterocycles. The molecule has 0 spiro atoms. The maximum Gasteiger partial charge on any atom is 0.277 e. The van der Waals surface area contributed by atoms with Gasteiger partial charge in [0.15, 0.2) is 6.54 Å². The molecule has 28 heavy (non-hydrogen) atoms. The lowest BCUT2D eigenvalue weighted by Gasteiger charge is -2.30. The average molecular weight is 408 g/mol. The Morgan fingerprint density at radius 1 is 1.21 bits per heavy atom. The third-order valence-corrected chi connectivity index (χ3v) is 6.53. The number of rotatable bonds is 7. The number of aryl methyl sites for hydroxylation is 1. The quantitative estimate of drug-likeness (QED) is 0.686. The summed E-state index contributed by atoms with van der Waals surface area (Å²) in [5, 5.41) is 2.07. The zero-order valence-corrected chi connectivity index (χ0v) is 17.7. The first kappa shape index (κ1) is 20.8. The van der Waals surface area contributed by atoms with Gasteiger partial charge < -0.3 is 19.4 Å². The average Bonchev–Trinajstić information content (AvgIpc) is 3.08. The Labute approximate surface area is 170 Å². The zero-order chi connectivity index (χ0) is 20.1. The minimum atomic E-state index is -0.228. The van der Waals surface area contributed by atoms with Gasteiger partial charge in [-0.15, -0.1) is 11.3 Å². The summed E-state index contributed by atoms with van der Waals surface area (Å²) < 4.78 is 18.9. The van der Waals surface area contributed by atoms with Crippen LogP contribution in [0.4, 0.5) is 4.39 Å². The fourth-order valence-electron chi connectivity index (χ4n) is 3.68. The first-order valence-electron chi connectivity index (χ1n) is 9.72. The molecule has 1 aliphatic rings. The van der Waals surface area contributed by atoms with Crippen molar-refractivity contribution in [2.45, 2.75) is 20.0 Å². The summed E-state index contributed by atoms with van der Waals surface area (Å²) in [6.45, 7) is 7.90. The molecule has 1 aromatic carbocycles. The van der Waals surface area contributed by atoms with Crippen molar-refractivity contribution in [1.29, 1.82) is 0 Å². The highest BCUT2D eigenvalue weighted by molar-refractivity contribution is 7.10. The molecule has 152 valence electrons. The van der Waals surface area contributed by atoms with Crippen LogP contribution < -0.4 is 14.5 Å². The lowest BCUT2D eigenvalue weighted by atomic mass is 10.1. The number of amides is 1. The molecule has 1 saturated heterocycles. The van der Waals surface area contributed by atoms with Crippen LogP contribution in [0.5, 0.6) is 5.75 Å². The van der Waals surface area contributed by atoms with Gasteiger partial charge in [-0.3, -0.25) is 4.79 Å². The van der Waals surface area contributed by atoms with Gasteiger partial charge in [-0.05, 0) is 42.1 Å². The van der Waals surface area contributed by atoms with E-state index in [1.807, 2.05) is 11.9 Å². The Morgan fingerprint density at radius 2 is 1.93 bits per heavy atom. The Bertz CT molecular complexity index is 803. The van der Waals surface area contributed by atoms with Crippen molar-refractivity contribution in [3.05, 3.63) is 51.5 Å². The lowest BCUT2D eigenvalue weighted by Crippen LogP contribution is -3.28. The maximum atomic E-state index is 13.6. The van der Waals surface area contributed by atoms with Gasteiger partial charge >= 0.3 is 0 Å². The van der Waals surface area contributed by atoms with Crippen LogP contribution in [0.3, 0.4) is 0 Å². The largest absolute Gasteiger partial charge is 0.496 e. The molecule has 0 saturated carbocycles. The predicted octanol–water partition coefficient (Wildman–Crippen LogP) is 0.146. The smallest absolute Gasteiger partial charge is 0.277 e. The van der Waals surface area contributed by atoms with Gasteiger partial charge in [0.1, 0.15) is 44.3 Å². The number of quaternary nitrogens is 2. The predicted molar refractivity (Wildman–Crippen MR) is 108 cm³/mol. The number of halogens is 1. The normalized spacial score (nSPS) is 19.4. The number of hydrogen-bond donors (Lipinski definition) is 2. The first-order valence-corrected chi connectivity index (χ1v) is 10.6. The molecule has 0 unspecified atom stereocenters. The molecule has 0 aliphatic carbocycles. The van der Waals surface area contributed by atoms with E-state index in [0.717, 1.165) is 44.0 Å². The Kier molecular flexibility index (Phi) is 7.04. The van der Waals surface area contributed by atoms with Gasteiger partial charge in [0.05, 0.1) is 19.2 Å². The molecule has 2 heterocycles. The number of ether oxygens (including phenoxy) is 1. The van der Waals surface area contributed by atoms with Gasteiger partial charge in [-0.1, -0.05) is 0 Å². The molecule has 1 amide bonds. The van der Waals surface area contributed by atoms with Gasteiger partial charge in [-0.25, -0.2) is 4.39 Å². The molecule has 7 heteroatoms. The second-order valence-corrected chi connectivity index (χ2v) is 8.59. The number of hydrogen-bond acceptors (Lipinski definition) is 3. The summed E-state index contributed by atoms with van der Waals surface area (Å²) in [6, 6.07) is 6.78. The van der Waals surface area contributed by atoms with E-state index >= 15 is 0 Å². The van der Waals surface area contributed by atoms with Crippen molar-refractivity contribution >= 4 is 17.2 Å². The molecular weight excluding hydrogens is 377 g/mol. The fraction of sp³-hybridized carbons (Fsp3) is 0.476. The summed E-state index contributed by atoms with van der Waals surface area (Å²) in [5.41, 5.74) is 2.16. The number of benzene rings is 1. The molecule has 2 N–H and O–H groups in total. The van der Waals surface area contributed by atoms with Crippen molar-refractivity contribution in [3.63, 3.8) is 0 Å². The van der Waals surface area contributed by atoms with Crippen molar-refractivity contribution in [1.82, 2.24) is 4.90 Å². The molecule has 0 radical (unpaired) electrons. The van der Waals surface area contributed by atoms with E-state index < -0.39 is 0 Å². The molecule has 1 fully saturated rings. The van der Waals surface area contributed by atoms with E-state index in [2.05, 4.69) is 18.4 Å². The summed E-state index contributed by atoms with van der Waals surface area (Å²) in [7, 11) is 3.51. The highest BCUT2D eigenvalue weighted by Gasteiger charge is 2.27. The van der Waals surface area contributed by atoms with Crippen LogP contribution in [0.1, 0.15) is 16.0 Å².